The quantitative estimate of drug-likeness (QED) is 0.446. The number of hydrogen-bond donors (Lipinski definition) is 2. The SMILES string of the molecule is CC(O)c1cc(CNS(=O)(=O)c2ccc(-c3ccc(C(F)(F)F)cc3C(F)(F)F)cc2)ccn1. The summed E-state index contributed by atoms with van der Waals surface area (Å²) >= 11 is 0. The van der Waals surface area contributed by atoms with Crippen LogP contribution in [-0.4, -0.2) is 18.5 Å². The molecule has 5 nitrogen and oxygen atoms in total. The number of halogens is 6. The van der Waals surface area contributed by atoms with Gasteiger partial charge in [0.25, 0.3) is 0 Å². The molecule has 3 aromatic rings. The van der Waals surface area contributed by atoms with Gasteiger partial charge in [0.15, 0.2) is 0 Å². The van der Waals surface area contributed by atoms with Gasteiger partial charge in [-0.3, -0.25) is 4.98 Å². The van der Waals surface area contributed by atoms with Gasteiger partial charge in [-0.1, -0.05) is 18.2 Å². The zero-order chi connectivity index (χ0) is 25.3. The van der Waals surface area contributed by atoms with E-state index in [0.29, 0.717) is 23.4 Å². The van der Waals surface area contributed by atoms with Gasteiger partial charge >= 0.3 is 12.4 Å². The summed E-state index contributed by atoms with van der Waals surface area (Å²) in [4.78, 5) is 3.70. The first-order valence-corrected chi connectivity index (χ1v) is 11.2. The fourth-order valence-corrected chi connectivity index (χ4v) is 4.13. The molecule has 1 aromatic heterocycles. The lowest BCUT2D eigenvalue weighted by Crippen LogP contribution is -2.23. The van der Waals surface area contributed by atoms with Crippen LogP contribution in [0.4, 0.5) is 26.3 Å². The van der Waals surface area contributed by atoms with Crippen molar-refractivity contribution in [3.8, 4) is 11.1 Å². The molecular formula is C22H18F6N2O3S. The number of hydrogen-bond acceptors (Lipinski definition) is 4. The van der Waals surface area contributed by atoms with Crippen LogP contribution in [0.15, 0.2) is 65.7 Å². The van der Waals surface area contributed by atoms with Gasteiger partial charge in [0, 0.05) is 12.7 Å². The Kier molecular flexibility index (Phi) is 7.06. The average Bonchev–Trinajstić information content (AvgIpc) is 2.76. The van der Waals surface area contributed by atoms with Crippen LogP contribution in [0.25, 0.3) is 11.1 Å². The normalized spacial score (nSPS) is 13.6. The maximum atomic E-state index is 13.4. The first-order valence-electron chi connectivity index (χ1n) is 9.70. The molecule has 1 atom stereocenters. The van der Waals surface area contributed by atoms with Crippen LogP contribution in [0.1, 0.15) is 35.4 Å². The van der Waals surface area contributed by atoms with Crippen LogP contribution in [0, 0.1) is 0 Å². The summed E-state index contributed by atoms with van der Waals surface area (Å²) in [5, 5.41) is 9.57. The fraction of sp³-hybridized carbons (Fsp3) is 0.227. The molecule has 0 fully saturated rings. The van der Waals surface area contributed by atoms with E-state index in [2.05, 4.69) is 9.71 Å². The molecule has 3 rings (SSSR count). The predicted molar refractivity (Wildman–Crippen MR) is 111 cm³/mol. The third-order valence-electron chi connectivity index (χ3n) is 4.87. The molecule has 0 bridgehead atoms. The Bertz CT molecular complexity index is 1270. The number of sulfonamides is 1. The van der Waals surface area contributed by atoms with Crippen molar-refractivity contribution in [2.45, 2.75) is 36.8 Å². The summed E-state index contributed by atoms with van der Waals surface area (Å²) < 4.78 is 106. The molecule has 182 valence electrons. The molecule has 0 aliphatic heterocycles. The predicted octanol–water partition coefficient (Wildman–Crippen LogP) is 5.32. The molecule has 34 heavy (non-hydrogen) atoms. The van der Waals surface area contributed by atoms with Crippen molar-refractivity contribution < 1.29 is 39.9 Å². The highest BCUT2D eigenvalue weighted by atomic mass is 32.2. The molecule has 0 aliphatic rings. The van der Waals surface area contributed by atoms with E-state index in [9.17, 15) is 39.9 Å². The largest absolute Gasteiger partial charge is 0.417 e. The number of aromatic nitrogens is 1. The van der Waals surface area contributed by atoms with Crippen LogP contribution < -0.4 is 4.72 Å². The second kappa shape index (κ2) is 9.35. The Balaban J connectivity index is 1.86. The topological polar surface area (TPSA) is 79.3 Å². The minimum atomic E-state index is -5.06. The number of benzene rings is 2. The summed E-state index contributed by atoms with van der Waals surface area (Å²) in [5.74, 6) is 0. The lowest BCUT2D eigenvalue weighted by Gasteiger charge is -2.16. The van der Waals surface area contributed by atoms with Crippen molar-refractivity contribution in [2.75, 3.05) is 0 Å². The molecule has 0 saturated heterocycles. The number of nitrogens with one attached hydrogen (secondary N) is 1. The van der Waals surface area contributed by atoms with Crippen molar-refractivity contribution >= 4 is 10.0 Å². The summed E-state index contributed by atoms with van der Waals surface area (Å²) in [6.07, 6.45) is -9.45. The molecule has 2 aromatic carbocycles. The smallest absolute Gasteiger partial charge is 0.387 e. The van der Waals surface area contributed by atoms with E-state index in [0.717, 1.165) is 24.3 Å². The number of rotatable bonds is 6. The molecule has 0 radical (unpaired) electrons. The van der Waals surface area contributed by atoms with Crippen molar-refractivity contribution in [1.29, 1.82) is 0 Å². The minimum Gasteiger partial charge on any atom is -0.387 e. The highest BCUT2D eigenvalue weighted by molar-refractivity contribution is 7.89. The lowest BCUT2D eigenvalue weighted by atomic mass is 9.97. The van der Waals surface area contributed by atoms with Gasteiger partial charge in [-0.05, 0) is 60.0 Å². The standard InChI is InChI=1S/C22H18F6N2O3S/c1-13(31)20-10-14(8-9-29-20)12-30-34(32,33)17-5-2-15(3-6-17)18-7-4-16(21(23,24)25)11-19(18)22(26,27)28/h2-11,13,30-31H,12H2,1H3. The Morgan fingerprint density at radius 3 is 2.15 bits per heavy atom. The number of nitrogens with zero attached hydrogens (tertiary/aromatic N) is 1. The molecule has 1 unspecified atom stereocenters. The molecular weight excluding hydrogens is 486 g/mol. The molecule has 0 spiro atoms. The fourth-order valence-electron chi connectivity index (χ4n) is 3.11. The third-order valence-corrected chi connectivity index (χ3v) is 6.28. The third kappa shape index (κ3) is 5.93. The van der Waals surface area contributed by atoms with Gasteiger partial charge in [-0.25, -0.2) is 13.1 Å². The summed E-state index contributed by atoms with van der Waals surface area (Å²) in [7, 11) is -4.06. The minimum absolute atomic E-state index is 0.0256. The van der Waals surface area contributed by atoms with Crippen molar-refractivity contribution in [3.63, 3.8) is 0 Å². The molecule has 0 aliphatic carbocycles. The van der Waals surface area contributed by atoms with Gasteiger partial charge < -0.3 is 5.11 Å². The Morgan fingerprint density at radius 2 is 1.59 bits per heavy atom. The number of alkyl halides is 6. The van der Waals surface area contributed by atoms with E-state index in [1.807, 2.05) is 0 Å². The van der Waals surface area contributed by atoms with Gasteiger partial charge in [-0.2, -0.15) is 26.3 Å². The van der Waals surface area contributed by atoms with Gasteiger partial charge in [0.1, 0.15) is 0 Å². The van der Waals surface area contributed by atoms with Gasteiger partial charge in [0.2, 0.25) is 10.0 Å². The van der Waals surface area contributed by atoms with E-state index < -0.39 is 45.2 Å². The Hall–Kier alpha value is -2.96. The maximum absolute atomic E-state index is 13.4. The van der Waals surface area contributed by atoms with Crippen molar-refractivity contribution in [2.24, 2.45) is 0 Å². The Labute approximate surface area is 191 Å². The van der Waals surface area contributed by atoms with Gasteiger partial charge in [-0.15, -0.1) is 0 Å². The summed E-state index contributed by atoms with van der Waals surface area (Å²) in [6.45, 7) is 1.36. The molecule has 0 saturated carbocycles. The molecule has 1 heterocycles. The number of aliphatic hydroxyl groups excluding tert-OH is 1. The second-order valence-electron chi connectivity index (χ2n) is 7.37. The van der Waals surface area contributed by atoms with Crippen molar-refractivity contribution in [3.05, 3.63) is 83.2 Å². The average molecular weight is 504 g/mol. The first-order chi connectivity index (χ1) is 15.7. The van der Waals surface area contributed by atoms with E-state index in [1.165, 1.54) is 19.2 Å². The van der Waals surface area contributed by atoms with Crippen LogP contribution in [0.5, 0.6) is 0 Å². The highest BCUT2D eigenvalue weighted by Crippen LogP contribution is 2.41. The summed E-state index contributed by atoms with van der Waals surface area (Å²) in [6, 6.07) is 8.61. The lowest BCUT2D eigenvalue weighted by molar-refractivity contribution is -0.142. The molecule has 12 heteroatoms. The Morgan fingerprint density at radius 1 is 0.941 bits per heavy atom. The van der Waals surface area contributed by atoms with Crippen molar-refractivity contribution in [1.82, 2.24) is 9.71 Å². The van der Waals surface area contributed by atoms with Crippen LogP contribution in [-0.2, 0) is 28.9 Å². The van der Waals surface area contributed by atoms with E-state index in [4.69, 9.17) is 0 Å². The molecule has 2 N–H and O–H groups in total. The van der Waals surface area contributed by atoms with E-state index >= 15 is 0 Å². The second-order valence-corrected chi connectivity index (χ2v) is 9.14. The van der Waals surface area contributed by atoms with Gasteiger partial charge in [0.05, 0.1) is 27.8 Å². The zero-order valence-corrected chi connectivity index (χ0v) is 18.3. The summed E-state index contributed by atoms with van der Waals surface area (Å²) in [5.41, 5.74) is -2.68. The monoisotopic (exact) mass is 504 g/mol. The first kappa shape index (κ1) is 25.7. The van der Waals surface area contributed by atoms with Crippen LogP contribution in [0.3, 0.4) is 0 Å². The number of aliphatic hydroxyl groups is 1. The van der Waals surface area contributed by atoms with E-state index in [1.54, 1.807) is 6.07 Å². The highest BCUT2D eigenvalue weighted by Gasteiger charge is 2.38. The van der Waals surface area contributed by atoms with Crippen LogP contribution in [0.2, 0.25) is 0 Å². The van der Waals surface area contributed by atoms with Crippen LogP contribution >= 0.6 is 0 Å². The maximum Gasteiger partial charge on any atom is 0.417 e. The zero-order valence-electron chi connectivity index (χ0n) is 17.4. The van der Waals surface area contributed by atoms with E-state index in [-0.39, 0.29) is 23.1 Å². The molecule has 0 amide bonds. The number of pyridine rings is 1.